The van der Waals surface area contributed by atoms with Crippen molar-refractivity contribution in [3.05, 3.63) is 53.6 Å². The lowest BCUT2D eigenvalue weighted by Gasteiger charge is -2.10. The van der Waals surface area contributed by atoms with Crippen molar-refractivity contribution in [1.29, 1.82) is 0 Å². The van der Waals surface area contributed by atoms with Crippen LogP contribution in [0.2, 0.25) is 0 Å². The molecule has 0 spiro atoms. The number of aromatic hydroxyl groups is 1. The molecule has 2 amide bonds. The molecule has 0 saturated carbocycles. The van der Waals surface area contributed by atoms with Gasteiger partial charge in [-0.1, -0.05) is 18.2 Å². The molecule has 2 rings (SSSR count). The SMILES string of the molecule is COC(=O)c1ccccc1NC(=O)C(=O)Nc1ccc(C)cc1O. The Morgan fingerprint density at radius 2 is 1.58 bits per heavy atom. The van der Waals surface area contributed by atoms with E-state index in [4.69, 9.17) is 0 Å². The smallest absolute Gasteiger partial charge is 0.339 e. The fraction of sp³-hybridized carbons (Fsp3) is 0.118. The number of para-hydroxylation sites is 1. The highest BCUT2D eigenvalue weighted by atomic mass is 16.5. The zero-order valence-corrected chi connectivity index (χ0v) is 13.1. The van der Waals surface area contributed by atoms with E-state index in [0.717, 1.165) is 5.56 Å². The highest BCUT2D eigenvalue weighted by molar-refractivity contribution is 6.44. The Balaban J connectivity index is 2.12. The van der Waals surface area contributed by atoms with Crippen LogP contribution in [0.25, 0.3) is 0 Å². The lowest BCUT2D eigenvalue weighted by atomic mass is 10.1. The molecule has 0 aliphatic rings. The molecule has 7 nitrogen and oxygen atoms in total. The number of ether oxygens (including phenoxy) is 1. The second kappa shape index (κ2) is 7.28. The Hall–Kier alpha value is -3.35. The van der Waals surface area contributed by atoms with Gasteiger partial charge in [-0.15, -0.1) is 0 Å². The van der Waals surface area contributed by atoms with Gasteiger partial charge in [0.05, 0.1) is 24.0 Å². The van der Waals surface area contributed by atoms with E-state index >= 15 is 0 Å². The number of phenols is 1. The average Bonchev–Trinajstić information content (AvgIpc) is 2.57. The number of carbonyl (C=O) groups excluding carboxylic acids is 3. The number of nitrogens with one attached hydrogen (secondary N) is 2. The summed E-state index contributed by atoms with van der Waals surface area (Å²) in [5.41, 5.74) is 1.20. The Morgan fingerprint density at radius 3 is 2.21 bits per heavy atom. The number of anilines is 2. The second-order valence-corrected chi connectivity index (χ2v) is 4.97. The van der Waals surface area contributed by atoms with Crippen LogP contribution in [0.5, 0.6) is 5.75 Å². The molecule has 0 aliphatic heterocycles. The van der Waals surface area contributed by atoms with Crippen molar-refractivity contribution in [3.8, 4) is 5.75 Å². The summed E-state index contributed by atoms with van der Waals surface area (Å²) < 4.78 is 4.62. The first-order chi connectivity index (χ1) is 11.4. The molecule has 7 heteroatoms. The van der Waals surface area contributed by atoms with Gasteiger partial charge in [-0.25, -0.2) is 4.79 Å². The summed E-state index contributed by atoms with van der Waals surface area (Å²) in [7, 11) is 1.22. The molecule has 0 heterocycles. The molecule has 0 atom stereocenters. The maximum atomic E-state index is 12.0. The third-order valence-corrected chi connectivity index (χ3v) is 3.19. The van der Waals surface area contributed by atoms with Crippen molar-refractivity contribution >= 4 is 29.2 Å². The van der Waals surface area contributed by atoms with Crippen LogP contribution in [0.1, 0.15) is 15.9 Å². The van der Waals surface area contributed by atoms with Gasteiger partial charge < -0.3 is 20.5 Å². The molecule has 0 aliphatic carbocycles. The van der Waals surface area contributed by atoms with Crippen LogP contribution in [-0.4, -0.2) is 30.0 Å². The summed E-state index contributed by atoms with van der Waals surface area (Å²) in [5.74, 6) is -2.74. The quantitative estimate of drug-likeness (QED) is 0.454. The number of hydrogen-bond donors (Lipinski definition) is 3. The van der Waals surface area contributed by atoms with E-state index in [1.807, 2.05) is 0 Å². The molecular weight excluding hydrogens is 312 g/mol. The number of amides is 2. The highest BCUT2D eigenvalue weighted by Crippen LogP contribution is 2.24. The third kappa shape index (κ3) is 3.89. The monoisotopic (exact) mass is 328 g/mol. The Bertz CT molecular complexity index is 801. The van der Waals surface area contributed by atoms with Crippen molar-refractivity contribution < 1.29 is 24.2 Å². The van der Waals surface area contributed by atoms with Gasteiger partial charge in [-0.05, 0) is 36.8 Å². The second-order valence-electron chi connectivity index (χ2n) is 4.97. The molecule has 24 heavy (non-hydrogen) atoms. The minimum Gasteiger partial charge on any atom is -0.506 e. The summed E-state index contributed by atoms with van der Waals surface area (Å²) >= 11 is 0. The number of methoxy groups -OCH3 is 1. The molecule has 0 fully saturated rings. The first kappa shape index (κ1) is 17.0. The van der Waals surface area contributed by atoms with Crippen LogP contribution < -0.4 is 10.6 Å². The molecule has 0 aromatic heterocycles. The van der Waals surface area contributed by atoms with Crippen LogP contribution in [-0.2, 0) is 14.3 Å². The number of phenolic OH excluding ortho intramolecular Hbond substituents is 1. The van der Waals surface area contributed by atoms with Crippen LogP contribution in [0.4, 0.5) is 11.4 Å². The summed E-state index contributed by atoms with van der Waals surface area (Å²) in [6.07, 6.45) is 0. The fourth-order valence-electron chi connectivity index (χ4n) is 1.99. The van der Waals surface area contributed by atoms with Crippen LogP contribution in [0, 0.1) is 6.92 Å². The maximum Gasteiger partial charge on any atom is 0.339 e. The van der Waals surface area contributed by atoms with Crippen LogP contribution >= 0.6 is 0 Å². The summed E-state index contributed by atoms with van der Waals surface area (Å²) in [6, 6.07) is 10.8. The molecular formula is C17H16N2O5. The minimum atomic E-state index is -0.980. The first-order valence-electron chi connectivity index (χ1n) is 7.01. The summed E-state index contributed by atoms with van der Waals surface area (Å²) in [4.78, 5) is 35.6. The number of carbonyl (C=O) groups is 3. The number of esters is 1. The predicted molar refractivity (Wildman–Crippen MR) is 87.9 cm³/mol. The topological polar surface area (TPSA) is 105 Å². The molecule has 0 saturated heterocycles. The predicted octanol–water partition coefficient (Wildman–Crippen LogP) is 2.06. The molecule has 124 valence electrons. The standard InChI is InChI=1S/C17H16N2O5/c1-10-7-8-13(14(20)9-10)19-16(22)15(21)18-12-6-4-3-5-11(12)17(23)24-2/h3-9,20H,1-2H3,(H,18,21)(H,19,22). The largest absolute Gasteiger partial charge is 0.506 e. The van der Waals surface area contributed by atoms with Gasteiger partial charge in [-0.2, -0.15) is 0 Å². The van der Waals surface area contributed by atoms with Gasteiger partial charge in [0.2, 0.25) is 0 Å². The van der Waals surface area contributed by atoms with E-state index in [0.29, 0.717) is 0 Å². The zero-order valence-electron chi connectivity index (χ0n) is 13.1. The van der Waals surface area contributed by atoms with Gasteiger partial charge >= 0.3 is 17.8 Å². The van der Waals surface area contributed by atoms with Crippen molar-refractivity contribution in [2.45, 2.75) is 6.92 Å². The fourth-order valence-corrected chi connectivity index (χ4v) is 1.99. The Kier molecular flexibility index (Phi) is 5.16. The average molecular weight is 328 g/mol. The van der Waals surface area contributed by atoms with E-state index in [1.165, 1.54) is 31.4 Å². The van der Waals surface area contributed by atoms with Gasteiger partial charge in [0.1, 0.15) is 5.75 Å². The van der Waals surface area contributed by atoms with Crippen molar-refractivity contribution in [3.63, 3.8) is 0 Å². The summed E-state index contributed by atoms with van der Waals surface area (Å²) in [5, 5.41) is 14.4. The number of hydrogen-bond acceptors (Lipinski definition) is 5. The van der Waals surface area contributed by atoms with Gasteiger partial charge in [0.15, 0.2) is 0 Å². The maximum absolute atomic E-state index is 12.0. The summed E-state index contributed by atoms with van der Waals surface area (Å²) in [6.45, 7) is 1.78. The molecule has 3 N–H and O–H groups in total. The van der Waals surface area contributed by atoms with Gasteiger partial charge in [-0.3, -0.25) is 9.59 Å². The number of aryl methyl sites for hydroxylation is 1. The van der Waals surface area contributed by atoms with Gasteiger partial charge in [0, 0.05) is 0 Å². The van der Waals surface area contributed by atoms with Crippen molar-refractivity contribution in [2.24, 2.45) is 0 Å². The molecule has 0 radical (unpaired) electrons. The van der Waals surface area contributed by atoms with Crippen molar-refractivity contribution in [2.75, 3.05) is 17.7 Å². The van der Waals surface area contributed by atoms with E-state index in [-0.39, 0.29) is 22.7 Å². The Morgan fingerprint density at radius 1 is 0.958 bits per heavy atom. The molecule has 2 aromatic carbocycles. The molecule has 0 bridgehead atoms. The van der Waals surface area contributed by atoms with E-state index in [1.54, 1.807) is 25.1 Å². The minimum absolute atomic E-state index is 0.113. The molecule has 0 unspecified atom stereocenters. The van der Waals surface area contributed by atoms with E-state index in [2.05, 4.69) is 15.4 Å². The Labute approximate surface area is 138 Å². The number of benzene rings is 2. The zero-order chi connectivity index (χ0) is 17.7. The van der Waals surface area contributed by atoms with Crippen LogP contribution in [0.15, 0.2) is 42.5 Å². The van der Waals surface area contributed by atoms with Crippen molar-refractivity contribution in [1.82, 2.24) is 0 Å². The van der Waals surface area contributed by atoms with E-state index in [9.17, 15) is 19.5 Å². The highest BCUT2D eigenvalue weighted by Gasteiger charge is 2.19. The molecule has 2 aromatic rings. The van der Waals surface area contributed by atoms with E-state index < -0.39 is 17.8 Å². The lowest BCUT2D eigenvalue weighted by molar-refractivity contribution is -0.133. The third-order valence-electron chi connectivity index (χ3n) is 3.19. The normalized spacial score (nSPS) is 9.92. The number of rotatable bonds is 3. The van der Waals surface area contributed by atoms with Crippen LogP contribution in [0.3, 0.4) is 0 Å². The lowest BCUT2D eigenvalue weighted by Crippen LogP contribution is -2.29. The van der Waals surface area contributed by atoms with Gasteiger partial charge in [0.25, 0.3) is 0 Å². The first-order valence-corrected chi connectivity index (χ1v) is 7.01.